The summed E-state index contributed by atoms with van der Waals surface area (Å²) in [6.45, 7) is 4.77. The van der Waals surface area contributed by atoms with Crippen molar-refractivity contribution in [1.82, 2.24) is 10.2 Å². The first-order valence-electron chi connectivity index (χ1n) is 5.31. The van der Waals surface area contributed by atoms with Gasteiger partial charge < -0.3 is 16.0 Å². The van der Waals surface area contributed by atoms with Gasteiger partial charge in [0.2, 0.25) is 5.91 Å². The Bertz CT molecular complexity index is 190. The summed E-state index contributed by atoms with van der Waals surface area (Å²) in [6.07, 6.45) is 2.51. The lowest BCUT2D eigenvalue weighted by molar-refractivity contribution is -0.121. The fraction of sp³-hybridized carbons (Fsp3) is 0.900. The molecule has 14 heavy (non-hydrogen) atoms. The first-order valence-corrected chi connectivity index (χ1v) is 5.31. The molecule has 0 aromatic carbocycles. The Morgan fingerprint density at radius 3 is 2.93 bits per heavy atom. The molecular formula is C10H21N3O. The highest BCUT2D eigenvalue weighted by molar-refractivity contribution is 5.76. The summed E-state index contributed by atoms with van der Waals surface area (Å²) < 4.78 is 0. The second-order valence-corrected chi connectivity index (χ2v) is 4.32. The Balaban J connectivity index is 2.20. The molecule has 4 heteroatoms. The number of nitrogens with zero attached hydrogens (tertiary/aromatic N) is 1. The third-order valence-electron chi connectivity index (χ3n) is 2.77. The zero-order valence-electron chi connectivity index (χ0n) is 9.12. The standard InChI is InChI=1S/C10H21N3O/c1-8(10(11)14)6-13(2)7-9-4-3-5-12-9/h8-9,12H,3-7H2,1-2H3,(H2,11,14). The zero-order chi connectivity index (χ0) is 10.6. The highest BCUT2D eigenvalue weighted by Crippen LogP contribution is 2.07. The molecule has 1 heterocycles. The molecule has 0 radical (unpaired) electrons. The van der Waals surface area contributed by atoms with Crippen molar-refractivity contribution in [3.63, 3.8) is 0 Å². The molecule has 82 valence electrons. The number of carbonyl (C=O) groups is 1. The third-order valence-corrected chi connectivity index (χ3v) is 2.77. The van der Waals surface area contributed by atoms with Gasteiger partial charge in [-0.15, -0.1) is 0 Å². The first kappa shape index (κ1) is 11.5. The van der Waals surface area contributed by atoms with Crippen LogP contribution >= 0.6 is 0 Å². The van der Waals surface area contributed by atoms with E-state index in [1.807, 2.05) is 14.0 Å². The van der Waals surface area contributed by atoms with Crippen molar-refractivity contribution < 1.29 is 4.79 Å². The Morgan fingerprint density at radius 2 is 2.43 bits per heavy atom. The van der Waals surface area contributed by atoms with Gasteiger partial charge in [0.25, 0.3) is 0 Å². The summed E-state index contributed by atoms with van der Waals surface area (Å²) in [5, 5.41) is 3.43. The summed E-state index contributed by atoms with van der Waals surface area (Å²) in [7, 11) is 2.04. The number of amides is 1. The molecular weight excluding hydrogens is 178 g/mol. The predicted octanol–water partition coefficient (Wildman–Crippen LogP) is -0.208. The van der Waals surface area contributed by atoms with Crippen LogP contribution in [0.5, 0.6) is 0 Å². The molecule has 0 aromatic heterocycles. The third kappa shape index (κ3) is 3.64. The van der Waals surface area contributed by atoms with E-state index in [0.29, 0.717) is 6.04 Å². The summed E-state index contributed by atoms with van der Waals surface area (Å²) in [4.78, 5) is 13.0. The van der Waals surface area contributed by atoms with E-state index in [-0.39, 0.29) is 11.8 Å². The molecule has 1 fully saturated rings. The van der Waals surface area contributed by atoms with E-state index in [1.165, 1.54) is 12.8 Å². The molecule has 1 aliphatic rings. The molecule has 0 spiro atoms. The quantitative estimate of drug-likeness (QED) is 0.644. The molecule has 1 rings (SSSR count). The van der Waals surface area contributed by atoms with Gasteiger partial charge in [-0.3, -0.25) is 4.79 Å². The van der Waals surface area contributed by atoms with Gasteiger partial charge >= 0.3 is 0 Å². The Hall–Kier alpha value is -0.610. The van der Waals surface area contributed by atoms with Crippen molar-refractivity contribution >= 4 is 5.91 Å². The number of hydrogen-bond acceptors (Lipinski definition) is 3. The zero-order valence-corrected chi connectivity index (χ0v) is 9.12. The lowest BCUT2D eigenvalue weighted by Gasteiger charge is -2.22. The maximum atomic E-state index is 10.9. The van der Waals surface area contributed by atoms with E-state index in [2.05, 4.69) is 10.2 Å². The number of nitrogens with two attached hydrogens (primary N) is 1. The molecule has 1 amide bonds. The molecule has 2 atom stereocenters. The Labute approximate surface area is 85.8 Å². The Morgan fingerprint density at radius 1 is 1.71 bits per heavy atom. The van der Waals surface area contributed by atoms with Gasteiger partial charge in [-0.25, -0.2) is 0 Å². The van der Waals surface area contributed by atoms with Gasteiger partial charge in [-0.2, -0.15) is 0 Å². The van der Waals surface area contributed by atoms with Crippen LogP contribution in [0.25, 0.3) is 0 Å². The number of primary amides is 1. The molecule has 3 N–H and O–H groups in total. The number of likely N-dealkylation sites (N-methyl/N-ethyl adjacent to an activating group) is 1. The maximum Gasteiger partial charge on any atom is 0.221 e. The summed E-state index contributed by atoms with van der Waals surface area (Å²) in [5.74, 6) is -0.266. The highest BCUT2D eigenvalue weighted by Gasteiger charge is 2.18. The molecule has 0 aliphatic carbocycles. The van der Waals surface area contributed by atoms with Crippen molar-refractivity contribution in [3.8, 4) is 0 Å². The van der Waals surface area contributed by atoms with Crippen molar-refractivity contribution in [1.29, 1.82) is 0 Å². The van der Waals surface area contributed by atoms with E-state index >= 15 is 0 Å². The van der Waals surface area contributed by atoms with Crippen molar-refractivity contribution in [2.24, 2.45) is 11.7 Å². The lowest BCUT2D eigenvalue weighted by Crippen LogP contribution is -2.39. The normalized spacial score (nSPS) is 24.1. The molecule has 1 aliphatic heterocycles. The van der Waals surface area contributed by atoms with Gasteiger partial charge in [0.15, 0.2) is 0 Å². The molecule has 0 saturated carbocycles. The molecule has 0 bridgehead atoms. The monoisotopic (exact) mass is 199 g/mol. The van der Waals surface area contributed by atoms with Gasteiger partial charge in [0, 0.05) is 25.0 Å². The van der Waals surface area contributed by atoms with Crippen LogP contribution in [0, 0.1) is 5.92 Å². The van der Waals surface area contributed by atoms with Crippen molar-refractivity contribution in [2.75, 3.05) is 26.7 Å². The van der Waals surface area contributed by atoms with Gasteiger partial charge in [-0.1, -0.05) is 6.92 Å². The average molecular weight is 199 g/mol. The lowest BCUT2D eigenvalue weighted by atomic mass is 10.1. The number of carbonyl (C=O) groups excluding carboxylic acids is 1. The van der Waals surface area contributed by atoms with E-state index < -0.39 is 0 Å². The van der Waals surface area contributed by atoms with E-state index in [0.717, 1.165) is 19.6 Å². The number of hydrogen-bond donors (Lipinski definition) is 2. The fourth-order valence-corrected chi connectivity index (χ4v) is 1.92. The van der Waals surface area contributed by atoms with Crippen LogP contribution in [0.2, 0.25) is 0 Å². The second kappa shape index (κ2) is 5.32. The predicted molar refractivity (Wildman–Crippen MR) is 56.9 cm³/mol. The molecule has 0 aromatic rings. The molecule has 4 nitrogen and oxygen atoms in total. The largest absolute Gasteiger partial charge is 0.369 e. The number of nitrogens with one attached hydrogen (secondary N) is 1. The minimum atomic E-state index is -0.212. The summed E-state index contributed by atoms with van der Waals surface area (Å²) >= 11 is 0. The van der Waals surface area contributed by atoms with Crippen LogP contribution in [0.3, 0.4) is 0 Å². The maximum absolute atomic E-state index is 10.9. The average Bonchev–Trinajstić information content (AvgIpc) is 2.56. The van der Waals surface area contributed by atoms with Crippen LogP contribution in [-0.2, 0) is 4.79 Å². The minimum Gasteiger partial charge on any atom is -0.369 e. The number of rotatable bonds is 5. The first-order chi connectivity index (χ1) is 6.59. The Kier molecular flexibility index (Phi) is 4.35. The van der Waals surface area contributed by atoms with Crippen molar-refractivity contribution in [2.45, 2.75) is 25.8 Å². The summed E-state index contributed by atoms with van der Waals surface area (Å²) in [6, 6.07) is 0.597. The van der Waals surface area contributed by atoms with Crippen LogP contribution in [-0.4, -0.2) is 43.5 Å². The van der Waals surface area contributed by atoms with Crippen LogP contribution in [0.4, 0.5) is 0 Å². The second-order valence-electron chi connectivity index (χ2n) is 4.32. The van der Waals surface area contributed by atoms with Crippen molar-refractivity contribution in [3.05, 3.63) is 0 Å². The highest BCUT2D eigenvalue weighted by atomic mass is 16.1. The molecule has 1 saturated heterocycles. The van der Waals surface area contributed by atoms with E-state index in [4.69, 9.17) is 5.73 Å². The summed E-state index contributed by atoms with van der Waals surface area (Å²) in [5.41, 5.74) is 5.21. The van der Waals surface area contributed by atoms with Gasteiger partial charge in [0.1, 0.15) is 0 Å². The van der Waals surface area contributed by atoms with E-state index in [9.17, 15) is 4.79 Å². The topological polar surface area (TPSA) is 58.4 Å². The van der Waals surface area contributed by atoms with Crippen LogP contribution in [0.1, 0.15) is 19.8 Å². The molecule has 2 unspecified atom stereocenters. The smallest absolute Gasteiger partial charge is 0.221 e. The fourth-order valence-electron chi connectivity index (χ4n) is 1.92. The minimum absolute atomic E-state index is 0.0543. The van der Waals surface area contributed by atoms with Crippen LogP contribution < -0.4 is 11.1 Å². The van der Waals surface area contributed by atoms with Gasteiger partial charge in [0.05, 0.1) is 0 Å². The van der Waals surface area contributed by atoms with E-state index in [1.54, 1.807) is 0 Å². The SMILES string of the molecule is CC(CN(C)CC1CCCN1)C(N)=O. The van der Waals surface area contributed by atoms with Gasteiger partial charge in [-0.05, 0) is 26.4 Å². The van der Waals surface area contributed by atoms with Crippen LogP contribution in [0.15, 0.2) is 0 Å².